The van der Waals surface area contributed by atoms with Crippen LogP contribution >= 0.6 is 0 Å². The number of carbonyl (C=O) groups excluding carboxylic acids is 1. The Morgan fingerprint density at radius 3 is 2.45 bits per heavy atom. The molecule has 0 spiro atoms. The molecule has 5 N–H and O–H groups in total. The van der Waals surface area contributed by atoms with Crippen molar-refractivity contribution in [1.82, 2.24) is 10.6 Å². The van der Waals surface area contributed by atoms with Crippen molar-refractivity contribution in [3.63, 3.8) is 0 Å². The van der Waals surface area contributed by atoms with Gasteiger partial charge in [0.05, 0.1) is 12.2 Å². The second-order valence-electron chi connectivity index (χ2n) is 5.24. The normalized spacial score (nSPS) is 38.2. The van der Waals surface area contributed by atoms with E-state index in [2.05, 4.69) is 10.6 Å². The summed E-state index contributed by atoms with van der Waals surface area (Å²) in [6, 6.07) is -1.60. The van der Waals surface area contributed by atoms with Gasteiger partial charge in [0.25, 0.3) is 0 Å². The third-order valence-corrected chi connectivity index (χ3v) is 3.67. The zero-order valence-electron chi connectivity index (χ0n) is 11.0. The Labute approximate surface area is 116 Å². The maximum absolute atomic E-state index is 11.9. The van der Waals surface area contributed by atoms with Gasteiger partial charge in [0.15, 0.2) is 6.23 Å². The summed E-state index contributed by atoms with van der Waals surface area (Å²) in [5.74, 6) is -1.63. The second-order valence-corrected chi connectivity index (χ2v) is 5.24. The third-order valence-electron chi connectivity index (χ3n) is 3.67. The van der Waals surface area contributed by atoms with Crippen LogP contribution in [0.3, 0.4) is 0 Å². The third kappa shape index (κ3) is 3.66. The van der Waals surface area contributed by atoms with E-state index in [1.165, 1.54) is 0 Å². The number of hydrogen-bond acceptors (Lipinski definition) is 7. The molecule has 0 aromatic heterocycles. The first kappa shape index (κ1) is 15.2. The van der Waals surface area contributed by atoms with Gasteiger partial charge in [-0.3, -0.25) is 14.9 Å². The van der Waals surface area contributed by atoms with Gasteiger partial charge in [-0.05, 0) is 19.3 Å². The minimum absolute atomic E-state index is 0.263. The smallest absolute Gasteiger partial charge is 0.324 e. The summed E-state index contributed by atoms with van der Waals surface area (Å²) in [5, 5.41) is 33.3. The lowest BCUT2D eigenvalue weighted by molar-refractivity contribution is -0.162. The van der Waals surface area contributed by atoms with Gasteiger partial charge in [-0.2, -0.15) is 0 Å². The van der Waals surface area contributed by atoms with E-state index in [0.717, 1.165) is 0 Å². The summed E-state index contributed by atoms with van der Waals surface area (Å²) < 4.78 is 5.23. The van der Waals surface area contributed by atoms with Crippen molar-refractivity contribution in [3.05, 3.63) is 0 Å². The van der Waals surface area contributed by atoms with Gasteiger partial charge in [0, 0.05) is 13.0 Å². The lowest BCUT2D eigenvalue weighted by Gasteiger charge is -2.33. The summed E-state index contributed by atoms with van der Waals surface area (Å²) in [7, 11) is 0. The SMILES string of the molecule is O=C(OC1CCC(O)[C@@H](C(=O)O)N1)[C@@H]1CC[C@@H](O)CN1. The van der Waals surface area contributed by atoms with Crippen molar-refractivity contribution in [2.75, 3.05) is 6.54 Å². The summed E-state index contributed by atoms with van der Waals surface area (Å²) in [4.78, 5) is 22.8. The topological polar surface area (TPSA) is 128 Å². The van der Waals surface area contributed by atoms with Crippen LogP contribution in [-0.4, -0.2) is 64.3 Å². The van der Waals surface area contributed by atoms with E-state index in [9.17, 15) is 19.8 Å². The van der Waals surface area contributed by atoms with Crippen molar-refractivity contribution in [1.29, 1.82) is 0 Å². The molecule has 114 valence electrons. The van der Waals surface area contributed by atoms with Gasteiger partial charge in [0.1, 0.15) is 12.1 Å². The van der Waals surface area contributed by atoms with Gasteiger partial charge in [-0.1, -0.05) is 0 Å². The number of β-amino-alcohol motifs (C(OH)–C–C–N with tert-alkyl or cyclic N) is 1. The molecule has 2 saturated heterocycles. The van der Waals surface area contributed by atoms with E-state index in [1.54, 1.807) is 0 Å². The molecular formula is C12H20N2O6. The predicted octanol–water partition coefficient (Wildman–Crippen LogP) is -1.83. The zero-order chi connectivity index (χ0) is 14.7. The van der Waals surface area contributed by atoms with Crippen LogP contribution in [0.2, 0.25) is 0 Å². The van der Waals surface area contributed by atoms with Crippen LogP contribution in [0.4, 0.5) is 0 Å². The first-order chi connectivity index (χ1) is 9.47. The van der Waals surface area contributed by atoms with E-state index in [4.69, 9.17) is 9.84 Å². The Balaban J connectivity index is 1.83. The Bertz CT molecular complexity index is 369. The van der Waals surface area contributed by atoms with E-state index in [-0.39, 0.29) is 6.42 Å². The molecule has 0 aliphatic carbocycles. The lowest BCUT2D eigenvalue weighted by atomic mass is 10.00. The molecule has 0 bridgehead atoms. The molecule has 2 heterocycles. The molecule has 8 nitrogen and oxygen atoms in total. The average molecular weight is 288 g/mol. The van der Waals surface area contributed by atoms with Crippen LogP contribution in [-0.2, 0) is 14.3 Å². The van der Waals surface area contributed by atoms with E-state index >= 15 is 0 Å². The first-order valence-electron chi connectivity index (χ1n) is 6.76. The van der Waals surface area contributed by atoms with Gasteiger partial charge in [-0.15, -0.1) is 0 Å². The highest BCUT2D eigenvalue weighted by atomic mass is 16.6. The molecule has 5 atom stereocenters. The number of aliphatic hydroxyl groups excluding tert-OH is 2. The maximum Gasteiger partial charge on any atom is 0.324 e. The monoisotopic (exact) mass is 288 g/mol. The molecule has 20 heavy (non-hydrogen) atoms. The van der Waals surface area contributed by atoms with Gasteiger partial charge in [-0.25, -0.2) is 0 Å². The number of aliphatic carboxylic acids is 1. The summed E-state index contributed by atoms with van der Waals surface area (Å²) in [5.41, 5.74) is 0. The number of piperidine rings is 2. The minimum atomic E-state index is -1.17. The highest BCUT2D eigenvalue weighted by Gasteiger charge is 2.36. The van der Waals surface area contributed by atoms with E-state index < -0.39 is 42.5 Å². The molecule has 2 fully saturated rings. The Morgan fingerprint density at radius 2 is 1.85 bits per heavy atom. The van der Waals surface area contributed by atoms with Crippen LogP contribution < -0.4 is 10.6 Å². The van der Waals surface area contributed by atoms with Crippen molar-refractivity contribution >= 4 is 11.9 Å². The molecule has 2 aliphatic rings. The molecule has 0 aromatic carbocycles. The van der Waals surface area contributed by atoms with E-state index in [0.29, 0.717) is 25.8 Å². The van der Waals surface area contributed by atoms with E-state index in [1.807, 2.05) is 0 Å². The maximum atomic E-state index is 11.9. The molecule has 0 amide bonds. The number of rotatable bonds is 3. The first-order valence-corrected chi connectivity index (χ1v) is 6.76. The zero-order valence-corrected chi connectivity index (χ0v) is 11.0. The fourth-order valence-electron chi connectivity index (χ4n) is 2.48. The summed E-state index contributed by atoms with van der Waals surface area (Å²) >= 11 is 0. The van der Waals surface area contributed by atoms with Crippen LogP contribution in [0.25, 0.3) is 0 Å². The number of nitrogens with one attached hydrogen (secondary N) is 2. The van der Waals surface area contributed by atoms with Crippen molar-refractivity contribution in [2.24, 2.45) is 0 Å². The fourth-order valence-corrected chi connectivity index (χ4v) is 2.48. The summed E-state index contributed by atoms with van der Waals surface area (Å²) in [6.45, 7) is 0.342. The average Bonchev–Trinajstić information content (AvgIpc) is 2.41. The standard InChI is InChI=1S/C12H20N2O6/c15-6-1-2-7(13-5-6)12(19)20-9-4-3-8(16)10(14-9)11(17)18/h6-10,13-16H,1-5H2,(H,17,18)/t6-,7+,8?,9?,10+/m1/s1. The molecule has 2 aliphatic heterocycles. The fraction of sp³-hybridized carbons (Fsp3) is 0.833. The number of carboxylic acid groups (broad SMARTS) is 1. The molecule has 2 rings (SSSR count). The van der Waals surface area contributed by atoms with Crippen LogP contribution in [0.1, 0.15) is 25.7 Å². The quantitative estimate of drug-likeness (QED) is 0.384. The number of ether oxygens (including phenoxy) is 1. The lowest BCUT2D eigenvalue weighted by Crippen LogP contribution is -2.57. The van der Waals surface area contributed by atoms with Crippen molar-refractivity contribution < 1.29 is 29.6 Å². The molecule has 8 heteroatoms. The summed E-state index contributed by atoms with van der Waals surface area (Å²) in [6.07, 6.45) is -0.492. The molecule has 2 unspecified atom stereocenters. The highest BCUT2D eigenvalue weighted by molar-refractivity contribution is 5.76. The molecule has 0 aromatic rings. The van der Waals surface area contributed by atoms with Gasteiger partial charge < -0.3 is 25.4 Å². The van der Waals surface area contributed by atoms with Gasteiger partial charge >= 0.3 is 11.9 Å². The number of carboxylic acids is 1. The molecule has 0 radical (unpaired) electrons. The number of carbonyl (C=O) groups is 2. The van der Waals surface area contributed by atoms with Gasteiger partial charge in [0.2, 0.25) is 0 Å². The van der Waals surface area contributed by atoms with Crippen LogP contribution in [0, 0.1) is 0 Å². The van der Waals surface area contributed by atoms with Crippen molar-refractivity contribution in [2.45, 2.75) is 56.2 Å². The second kappa shape index (κ2) is 6.49. The Morgan fingerprint density at radius 1 is 1.10 bits per heavy atom. The number of hydrogen-bond donors (Lipinski definition) is 5. The Kier molecular flexibility index (Phi) is 4.92. The molecular weight excluding hydrogens is 268 g/mol. The highest BCUT2D eigenvalue weighted by Crippen LogP contribution is 2.17. The predicted molar refractivity (Wildman–Crippen MR) is 66.7 cm³/mol. The minimum Gasteiger partial charge on any atom is -0.480 e. The largest absolute Gasteiger partial charge is 0.480 e. The molecule has 0 saturated carbocycles. The Hall–Kier alpha value is -1.22. The number of esters is 1. The number of aliphatic hydroxyl groups is 2. The van der Waals surface area contributed by atoms with Crippen LogP contribution in [0.5, 0.6) is 0 Å². The van der Waals surface area contributed by atoms with Crippen molar-refractivity contribution in [3.8, 4) is 0 Å². The van der Waals surface area contributed by atoms with Crippen LogP contribution in [0.15, 0.2) is 0 Å².